The molecule has 7 heteroatoms. The molecule has 0 amide bonds. The fraction of sp³-hybridized carbons (Fsp3) is 0.812. The number of nitrogens with zero attached hydrogens (tertiary/aromatic N) is 4. The van der Waals surface area contributed by atoms with Crippen LogP contribution in [0.25, 0.3) is 0 Å². The largest absolute Gasteiger partial charge is 0.356 e. The van der Waals surface area contributed by atoms with Crippen LogP contribution in [0.5, 0.6) is 0 Å². The molecule has 1 aliphatic carbocycles. The summed E-state index contributed by atoms with van der Waals surface area (Å²) in [6.07, 6.45) is 9.79. The quantitative estimate of drug-likeness (QED) is 0.453. The van der Waals surface area contributed by atoms with E-state index in [4.69, 9.17) is 4.99 Å². The molecule has 1 heterocycles. The first-order chi connectivity index (χ1) is 11.2. The van der Waals surface area contributed by atoms with Crippen molar-refractivity contribution in [2.24, 2.45) is 12.0 Å². The maximum atomic E-state index is 4.72. The molecule has 130 valence electrons. The van der Waals surface area contributed by atoms with Gasteiger partial charge in [0.1, 0.15) is 12.4 Å². The molecule has 1 aromatic heterocycles. The van der Waals surface area contributed by atoms with E-state index in [-0.39, 0.29) is 0 Å². The zero-order chi connectivity index (χ0) is 16.5. The van der Waals surface area contributed by atoms with Gasteiger partial charge in [-0.2, -0.15) is 11.8 Å². The molecular weight excluding hydrogens is 308 g/mol. The van der Waals surface area contributed by atoms with E-state index in [2.05, 4.69) is 27.1 Å². The summed E-state index contributed by atoms with van der Waals surface area (Å²) in [5, 5.41) is 15.4. The number of hydrogen-bond acceptors (Lipinski definition) is 4. The van der Waals surface area contributed by atoms with Gasteiger partial charge in [0.25, 0.3) is 0 Å². The predicted molar refractivity (Wildman–Crippen MR) is 97.9 cm³/mol. The molecule has 6 nitrogen and oxygen atoms in total. The predicted octanol–water partition coefficient (Wildman–Crippen LogP) is 2.24. The average molecular weight is 339 g/mol. The van der Waals surface area contributed by atoms with Gasteiger partial charge in [0.2, 0.25) is 0 Å². The first kappa shape index (κ1) is 18.1. The molecule has 0 unspecified atom stereocenters. The third-order valence-electron chi connectivity index (χ3n) is 4.33. The fourth-order valence-corrected chi connectivity index (χ4v) is 3.19. The topological polar surface area (TPSA) is 67.1 Å². The number of hydrogen-bond donors (Lipinski definition) is 2. The molecule has 23 heavy (non-hydrogen) atoms. The molecule has 1 saturated carbocycles. The van der Waals surface area contributed by atoms with E-state index in [1.54, 1.807) is 0 Å². The molecule has 0 saturated heterocycles. The Morgan fingerprint density at radius 2 is 2.09 bits per heavy atom. The summed E-state index contributed by atoms with van der Waals surface area (Å²) in [6, 6.07) is 0.553. The van der Waals surface area contributed by atoms with Gasteiger partial charge in [0.05, 0.1) is 0 Å². The lowest BCUT2D eigenvalue weighted by atomic mass is 9.96. The number of aliphatic imine (C=N–C) groups is 1. The Balaban J connectivity index is 1.92. The van der Waals surface area contributed by atoms with Gasteiger partial charge in [-0.25, -0.2) is 4.99 Å². The van der Waals surface area contributed by atoms with Gasteiger partial charge in [0, 0.05) is 19.6 Å². The van der Waals surface area contributed by atoms with Gasteiger partial charge in [-0.1, -0.05) is 19.3 Å². The van der Waals surface area contributed by atoms with Crippen LogP contribution in [0.2, 0.25) is 0 Å². The molecule has 2 N–H and O–H groups in total. The third kappa shape index (κ3) is 6.05. The van der Waals surface area contributed by atoms with Crippen LogP contribution in [0.3, 0.4) is 0 Å². The maximum absolute atomic E-state index is 4.72. The van der Waals surface area contributed by atoms with Crippen molar-refractivity contribution >= 4 is 17.7 Å². The third-order valence-corrected chi connectivity index (χ3v) is 5.02. The highest BCUT2D eigenvalue weighted by atomic mass is 32.2. The molecule has 0 aliphatic heterocycles. The second kappa shape index (κ2) is 9.80. The highest BCUT2D eigenvalue weighted by molar-refractivity contribution is 7.98. The Labute approximate surface area is 143 Å². The van der Waals surface area contributed by atoms with Gasteiger partial charge in [-0.3, -0.25) is 0 Å². The van der Waals surface area contributed by atoms with Crippen molar-refractivity contribution in [1.29, 1.82) is 0 Å². The molecule has 1 aliphatic rings. The monoisotopic (exact) mass is 338 g/mol. The maximum Gasteiger partial charge on any atom is 0.191 e. The molecule has 1 fully saturated rings. The summed E-state index contributed by atoms with van der Waals surface area (Å²) in [7, 11) is 1.99. The van der Waals surface area contributed by atoms with Crippen molar-refractivity contribution < 1.29 is 0 Å². The SMILES string of the molecule is CSCCCNC(=NCc1nnc(C)n1C)NC1CCCCC1. The van der Waals surface area contributed by atoms with Gasteiger partial charge in [-0.05, 0) is 38.2 Å². The van der Waals surface area contributed by atoms with Crippen LogP contribution >= 0.6 is 11.8 Å². The minimum absolute atomic E-state index is 0.553. The van der Waals surface area contributed by atoms with Gasteiger partial charge in [0.15, 0.2) is 11.8 Å². The molecule has 1 aromatic rings. The lowest BCUT2D eigenvalue weighted by molar-refractivity contribution is 0.409. The van der Waals surface area contributed by atoms with E-state index in [0.717, 1.165) is 30.6 Å². The molecule has 0 bridgehead atoms. The molecule has 0 atom stereocenters. The Morgan fingerprint density at radius 3 is 2.74 bits per heavy atom. The summed E-state index contributed by atoms with van der Waals surface area (Å²) < 4.78 is 2.00. The van der Waals surface area contributed by atoms with Crippen LogP contribution in [0.1, 0.15) is 50.2 Å². The van der Waals surface area contributed by atoms with Crippen LogP contribution in [-0.2, 0) is 13.6 Å². The standard InChI is InChI=1S/C16H30N6S/c1-13-20-21-15(22(13)2)12-18-16(17-10-7-11-23-3)19-14-8-5-4-6-9-14/h14H,4-12H2,1-3H3,(H2,17,18,19). The number of rotatable bonds is 7. The van der Waals surface area contributed by atoms with E-state index >= 15 is 0 Å². The number of guanidine groups is 1. The second-order valence-corrected chi connectivity index (χ2v) is 7.13. The Morgan fingerprint density at radius 1 is 1.30 bits per heavy atom. The smallest absolute Gasteiger partial charge is 0.191 e. The summed E-state index contributed by atoms with van der Waals surface area (Å²) in [5.74, 6) is 3.91. The summed E-state index contributed by atoms with van der Waals surface area (Å²) in [5.41, 5.74) is 0. The Hall–Kier alpha value is -1.24. The normalized spacial score (nSPS) is 16.6. The van der Waals surface area contributed by atoms with Crippen molar-refractivity contribution in [1.82, 2.24) is 25.4 Å². The molecular formula is C16H30N6S. The van der Waals surface area contributed by atoms with Crippen molar-refractivity contribution in [3.05, 3.63) is 11.6 Å². The second-order valence-electron chi connectivity index (χ2n) is 6.14. The lowest BCUT2D eigenvalue weighted by Crippen LogP contribution is -2.44. The lowest BCUT2D eigenvalue weighted by Gasteiger charge is -2.25. The first-order valence-electron chi connectivity index (χ1n) is 8.59. The molecule has 2 rings (SSSR count). The minimum atomic E-state index is 0.553. The van der Waals surface area contributed by atoms with Crippen LogP contribution in [-0.4, -0.2) is 45.3 Å². The van der Waals surface area contributed by atoms with E-state index in [1.807, 2.05) is 30.3 Å². The van der Waals surface area contributed by atoms with Gasteiger partial charge in [-0.15, -0.1) is 10.2 Å². The van der Waals surface area contributed by atoms with Crippen molar-refractivity contribution in [3.8, 4) is 0 Å². The van der Waals surface area contributed by atoms with Crippen molar-refractivity contribution in [2.75, 3.05) is 18.6 Å². The highest BCUT2D eigenvalue weighted by Crippen LogP contribution is 2.17. The number of nitrogens with one attached hydrogen (secondary N) is 2. The first-order valence-corrected chi connectivity index (χ1v) is 9.98. The zero-order valence-electron chi connectivity index (χ0n) is 14.6. The molecule has 0 radical (unpaired) electrons. The summed E-state index contributed by atoms with van der Waals surface area (Å²) >= 11 is 1.88. The zero-order valence-corrected chi connectivity index (χ0v) is 15.5. The van der Waals surface area contributed by atoms with Gasteiger partial charge >= 0.3 is 0 Å². The Kier molecular flexibility index (Phi) is 7.71. The minimum Gasteiger partial charge on any atom is -0.356 e. The van der Waals surface area contributed by atoms with E-state index in [1.165, 1.54) is 37.9 Å². The number of thioether (sulfide) groups is 1. The number of aryl methyl sites for hydroxylation is 1. The Bertz CT molecular complexity index is 493. The summed E-state index contributed by atoms with van der Waals surface area (Å²) in [6.45, 7) is 3.47. The van der Waals surface area contributed by atoms with E-state index < -0.39 is 0 Å². The van der Waals surface area contributed by atoms with Crippen LogP contribution in [0.15, 0.2) is 4.99 Å². The average Bonchev–Trinajstić information content (AvgIpc) is 2.89. The highest BCUT2D eigenvalue weighted by Gasteiger charge is 2.14. The van der Waals surface area contributed by atoms with E-state index in [9.17, 15) is 0 Å². The van der Waals surface area contributed by atoms with Crippen LogP contribution < -0.4 is 10.6 Å². The van der Waals surface area contributed by atoms with Crippen LogP contribution in [0.4, 0.5) is 0 Å². The fourth-order valence-electron chi connectivity index (χ4n) is 2.75. The van der Waals surface area contributed by atoms with Gasteiger partial charge < -0.3 is 15.2 Å². The van der Waals surface area contributed by atoms with Crippen molar-refractivity contribution in [2.45, 2.75) is 58.0 Å². The van der Waals surface area contributed by atoms with Crippen LogP contribution in [0, 0.1) is 6.92 Å². The molecule has 0 aromatic carbocycles. The summed E-state index contributed by atoms with van der Waals surface area (Å²) in [4.78, 5) is 4.72. The van der Waals surface area contributed by atoms with Crippen molar-refractivity contribution in [3.63, 3.8) is 0 Å². The number of aromatic nitrogens is 3. The van der Waals surface area contributed by atoms with E-state index in [0.29, 0.717) is 12.6 Å². The molecule has 0 spiro atoms.